The Morgan fingerprint density at radius 2 is 2.20 bits per heavy atom. The van der Waals surface area contributed by atoms with Crippen molar-refractivity contribution in [1.29, 1.82) is 0 Å². The van der Waals surface area contributed by atoms with Crippen molar-refractivity contribution in [2.45, 2.75) is 38.1 Å². The van der Waals surface area contributed by atoms with Crippen molar-refractivity contribution in [2.24, 2.45) is 5.92 Å². The molecule has 1 aromatic carbocycles. The van der Waals surface area contributed by atoms with Crippen LogP contribution >= 0.6 is 0 Å². The molecule has 1 aliphatic heterocycles. The molecule has 25 heavy (non-hydrogen) atoms. The van der Waals surface area contributed by atoms with E-state index >= 15 is 0 Å². The molecule has 2 aliphatic rings. The van der Waals surface area contributed by atoms with Crippen molar-refractivity contribution in [3.05, 3.63) is 35.5 Å². The van der Waals surface area contributed by atoms with Gasteiger partial charge >= 0.3 is 0 Å². The zero-order valence-electron chi connectivity index (χ0n) is 14.9. The number of nitrogens with one attached hydrogen (secondary N) is 1. The van der Waals surface area contributed by atoms with E-state index in [-0.39, 0.29) is 12.5 Å². The maximum absolute atomic E-state index is 11.4. The highest BCUT2D eigenvalue weighted by molar-refractivity contribution is 7.85. The van der Waals surface area contributed by atoms with Gasteiger partial charge in [-0.15, -0.1) is 0 Å². The summed E-state index contributed by atoms with van der Waals surface area (Å²) in [7, 11) is -3.39. The lowest BCUT2D eigenvalue weighted by atomic mass is 9.72. The summed E-state index contributed by atoms with van der Waals surface area (Å²) in [6, 6.07) is 7.02. The second kappa shape index (κ2) is 6.41. The summed E-state index contributed by atoms with van der Waals surface area (Å²) in [6.45, 7) is 4.46. The Kier molecular flexibility index (Phi) is 4.38. The first kappa shape index (κ1) is 17.1. The van der Waals surface area contributed by atoms with Gasteiger partial charge in [-0.3, -0.25) is 9.08 Å². The SMILES string of the molecule is CCCN1C[C@H](COS(C)(=O)=O)C[C@@H]2c3cccc4[nH]cc(c34)C[C@H]21. The zero-order valence-corrected chi connectivity index (χ0v) is 15.7. The van der Waals surface area contributed by atoms with Crippen molar-refractivity contribution in [3.63, 3.8) is 0 Å². The highest BCUT2D eigenvalue weighted by atomic mass is 32.2. The third-order valence-corrected chi connectivity index (χ3v) is 6.25. The van der Waals surface area contributed by atoms with Gasteiger partial charge in [-0.1, -0.05) is 19.1 Å². The van der Waals surface area contributed by atoms with Gasteiger partial charge in [0.15, 0.2) is 0 Å². The highest BCUT2D eigenvalue weighted by Gasteiger charge is 2.40. The first-order chi connectivity index (χ1) is 12.0. The molecule has 0 unspecified atom stereocenters. The average Bonchev–Trinajstić information content (AvgIpc) is 2.98. The van der Waals surface area contributed by atoms with Gasteiger partial charge in [-0.25, -0.2) is 0 Å². The lowest BCUT2D eigenvalue weighted by molar-refractivity contribution is 0.0640. The van der Waals surface area contributed by atoms with E-state index in [1.807, 2.05) is 0 Å². The van der Waals surface area contributed by atoms with E-state index < -0.39 is 10.1 Å². The minimum atomic E-state index is -3.39. The number of nitrogens with zero attached hydrogens (tertiary/aromatic N) is 1. The first-order valence-corrected chi connectivity index (χ1v) is 10.9. The van der Waals surface area contributed by atoms with E-state index in [1.54, 1.807) is 0 Å². The molecule has 2 heterocycles. The van der Waals surface area contributed by atoms with Gasteiger partial charge in [0, 0.05) is 35.6 Å². The summed E-state index contributed by atoms with van der Waals surface area (Å²) in [4.78, 5) is 5.97. The summed E-state index contributed by atoms with van der Waals surface area (Å²) in [6.07, 6.45) is 6.46. The second-order valence-electron chi connectivity index (χ2n) is 7.55. The third kappa shape index (κ3) is 3.23. The Morgan fingerprint density at radius 3 is 2.96 bits per heavy atom. The molecule has 0 amide bonds. The number of aromatic amines is 1. The topological polar surface area (TPSA) is 62.4 Å². The number of hydrogen-bond donors (Lipinski definition) is 1. The predicted molar refractivity (Wildman–Crippen MR) is 99.3 cm³/mol. The van der Waals surface area contributed by atoms with E-state index in [1.165, 1.54) is 22.0 Å². The number of fused-ring (bicyclic) bond motifs is 2. The number of H-pyrrole nitrogens is 1. The van der Waals surface area contributed by atoms with Crippen molar-refractivity contribution < 1.29 is 12.6 Å². The molecule has 1 aromatic heterocycles. The predicted octanol–water partition coefficient (Wildman–Crippen LogP) is 2.88. The van der Waals surface area contributed by atoms with Crippen LogP contribution in [0.3, 0.4) is 0 Å². The fourth-order valence-corrected chi connectivity index (χ4v) is 5.22. The molecule has 0 bridgehead atoms. The van der Waals surface area contributed by atoms with Crippen molar-refractivity contribution in [3.8, 4) is 0 Å². The van der Waals surface area contributed by atoms with E-state index in [9.17, 15) is 8.42 Å². The van der Waals surface area contributed by atoms with Gasteiger partial charge in [0.1, 0.15) is 0 Å². The number of hydrogen-bond acceptors (Lipinski definition) is 4. The molecule has 0 radical (unpaired) electrons. The van der Waals surface area contributed by atoms with Crippen LogP contribution in [0.4, 0.5) is 0 Å². The minimum Gasteiger partial charge on any atom is -0.361 e. The number of piperidine rings is 1. The maximum Gasteiger partial charge on any atom is 0.264 e. The van der Waals surface area contributed by atoms with Crippen LogP contribution in [0.5, 0.6) is 0 Å². The summed E-state index contributed by atoms with van der Waals surface area (Å²) < 4.78 is 28.0. The molecule has 4 rings (SSSR count). The van der Waals surface area contributed by atoms with Crippen LogP contribution in [-0.2, 0) is 20.7 Å². The molecule has 0 spiro atoms. The van der Waals surface area contributed by atoms with Gasteiger partial charge < -0.3 is 4.98 Å². The van der Waals surface area contributed by atoms with E-state index in [2.05, 4.69) is 41.2 Å². The fraction of sp³-hybridized carbons (Fsp3) is 0.579. The van der Waals surface area contributed by atoms with E-state index in [4.69, 9.17) is 4.18 Å². The Bertz CT molecular complexity index is 874. The van der Waals surface area contributed by atoms with Gasteiger partial charge in [-0.2, -0.15) is 8.42 Å². The van der Waals surface area contributed by atoms with Gasteiger partial charge in [0.05, 0.1) is 12.9 Å². The molecule has 1 fully saturated rings. The molecule has 1 aliphatic carbocycles. The molecule has 5 nitrogen and oxygen atoms in total. The highest BCUT2D eigenvalue weighted by Crippen LogP contribution is 2.44. The van der Waals surface area contributed by atoms with Crippen LogP contribution in [0, 0.1) is 5.92 Å². The van der Waals surface area contributed by atoms with E-state index in [0.29, 0.717) is 12.0 Å². The van der Waals surface area contributed by atoms with Gasteiger partial charge in [0.2, 0.25) is 0 Å². The van der Waals surface area contributed by atoms with Crippen molar-refractivity contribution >= 4 is 21.0 Å². The summed E-state index contributed by atoms with van der Waals surface area (Å²) >= 11 is 0. The normalized spacial score (nSPS) is 26.7. The van der Waals surface area contributed by atoms with Crippen LogP contribution in [0.1, 0.15) is 36.8 Å². The minimum absolute atomic E-state index is 0.248. The summed E-state index contributed by atoms with van der Waals surface area (Å²) in [5, 5.41) is 1.38. The molecule has 1 saturated heterocycles. The lowest BCUT2D eigenvalue weighted by Gasteiger charge is -2.47. The van der Waals surface area contributed by atoms with Gasteiger partial charge in [0.25, 0.3) is 10.1 Å². The Balaban J connectivity index is 1.67. The molecule has 1 N–H and O–H groups in total. The molecular weight excluding hydrogens is 336 g/mol. The smallest absolute Gasteiger partial charge is 0.264 e. The van der Waals surface area contributed by atoms with Crippen LogP contribution < -0.4 is 0 Å². The third-order valence-electron chi connectivity index (χ3n) is 5.69. The molecule has 0 saturated carbocycles. The maximum atomic E-state index is 11.4. The Morgan fingerprint density at radius 1 is 1.36 bits per heavy atom. The van der Waals surface area contributed by atoms with Crippen LogP contribution in [0.2, 0.25) is 0 Å². The lowest BCUT2D eigenvalue weighted by Crippen LogP contribution is -2.51. The molecule has 6 heteroatoms. The summed E-state index contributed by atoms with van der Waals surface area (Å²) in [5.74, 6) is 0.693. The summed E-state index contributed by atoms with van der Waals surface area (Å²) in [5.41, 5.74) is 4.04. The first-order valence-electron chi connectivity index (χ1n) is 9.13. The number of aromatic nitrogens is 1. The molecule has 2 aromatic rings. The van der Waals surface area contributed by atoms with Crippen LogP contribution in [0.15, 0.2) is 24.4 Å². The average molecular weight is 362 g/mol. The van der Waals surface area contributed by atoms with Gasteiger partial charge in [-0.05, 0) is 48.9 Å². The molecule has 3 atom stereocenters. The number of benzene rings is 1. The number of rotatable bonds is 5. The van der Waals surface area contributed by atoms with Crippen LogP contribution in [-0.4, -0.2) is 50.3 Å². The van der Waals surface area contributed by atoms with Crippen molar-refractivity contribution in [1.82, 2.24) is 9.88 Å². The Labute approximate surface area is 149 Å². The van der Waals surface area contributed by atoms with Crippen LogP contribution in [0.25, 0.3) is 10.9 Å². The molecular formula is C19H26N2O3S. The largest absolute Gasteiger partial charge is 0.361 e. The monoisotopic (exact) mass is 362 g/mol. The zero-order chi connectivity index (χ0) is 17.6. The van der Waals surface area contributed by atoms with E-state index in [0.717, 1.165) is 38.6 Å². The fourth-order valence-electron chi connectivity index (χ4n) is 4.78. The Hall–Kier alpha value is -1.37. The number of likely N-dealkylation sites (tertiary alicyclic amines) is 1. The molecule has 136 valence electrons. The standard InChI is InChI=1S/C19H26N2O3S/c1-3-7-21-11-13(12-24-25(2,22)23)8-16-15-5-4-6-17-19(15)14(10-20-17)9-18(16)21/h4-6,10,13,16,18,20H,3,7-9,11-12H2,1-2H3/t13-,16-,18-/m1/s1. The second-order valence-corrected chi connectivity index (χ2v) is 9.19. The van der Waals surface area contributed by atoms with Crippen molar-refractivity contribution in [2.75, 3.05) is 26.0 Å². The quantitative estimate of drug-likeness (QED) is 0.831.